The van der Waals surface area contributed by atoms with Crippen LogP contribution in [-0.2, 0) is 116 Å². The molecule has 83 heteroatoms. The van der Waals surface area contributed by atoms with Crippen LogP contribution >= 0.6 is 87.5 Å². The van der Waals surface area contributed by atoms with Crippen molar-refractivity contribution in [2.75, 3.05) is 43.6 Å². The van der Waals surface area contributed by atoms with Crippen molar-refractivity contribution in [1.82, 2.24) is 84.1 Å². The first-order valence-electron chi connectivity index (χ1n) is 29.7. The molecule has 13 heterocycles. The van der Waals surface area contributed by atoms with Gasteiger partial charge in [0.15, 0.2) is 26.8 Å². The van der Waals surface area contributed by atoms with Crippen LogP contribution in [0.15, 0.2) is 79.1 Å². The maximum absolute atomic E-state index is 12.6. The molecule has 0 saturated carbocycles. The number of nitrogen functional groups attached to an aromatic ring is 3. The number of hydrogen-bond donors (Lipinski definition) is 16. The molecule has 8 aliphatic heterocycles. The van der Waals surface area contributed by atoms with Gasteiger partial charge in [0.1, 0.15) is 78.9 Å². The third kappa shape index (κ3) is 39.4. The minimum absolute atomic E-state index is 0. The molecule has 8 aliphatic rings. The molecule has 6 unspecified atom stereocenters. The first-order chi connectivity index (χ1) is 51.1. The number of aliphatic hydroxyl groups excluding tert-OH is 4. The molecule has 0 aromatic carbocycles. The Labute approximate surface area is 1130 Å². The van der Waals surface area contributed by atoms with Gasteiger partial charge in [-0.1, -0.05) is 24.0 Å². The molecule has 0 radical (unpaired) electrons. The first kappa shape index (κ1) is 133. The predicted octanol–water partition coefficient (Wildman–Crippen LogP) is -35.0. The monoisotopic (exact) mass is 2280 g/mol. The number of anilines is 3. The van der Waals surface area contributed by atoms with Gasteiger partial charge in [0.25, 0.3) is 26.0 Å². The summed E-state index contributed by atoms with van der Waals surface area (Å²) in [6, 6.07) is 2.65. The van der Waals surface area contributed by atoms with E-state index in [2.05, 4.69) is 46.5 Å². The molecule has 121 heavy (non-hydrogen) atoms. The average molecular weight is 2290 g/mol. The molecule has 0 spiro atoms. The third-order valence-electron chi connectivity index (χ3n) is 14.7. The van der Waals surface area contributed by atoms with Crippen molar-refractivity contribution in [3.8, 4) is 0 Å². The van der Waals surface area contributed by atoms with Crippen LogP contribution in [-0.4, -0.2) is 186 Å². The van der Waals surface area contributed by atoms with E-state index in [0.717, 1.165) is 22.0 Å². The number of aryl methyl sites for hydroxylation is 1. The molecule has 5 aromatic rings. The van der Waals surface area contributed by atoms with Gasteiger partial charge in [-0.05, 0) is 64.0 Å². The Balaban J connectivity index is 0.00000154. The van der Waals surface area contributed by atoms with E-state index in [1.807, 2.05) is 9.72 Å². The van der Waals surface area contributed by atoms with E-state index in [0.29, 0.717) is 11.2 Å². The zero-order chi connectivity index (χ0) is 82.0. The molecular formula is C38H57Cl4K10N25O32P6S6+8. The van der Waals surface area contributed by atoms with Crippen molar-refractivity contribution in [2.45, 2.75) is 106 Å². The van der Waals surface area contributed by atoms with E-state index in [-0.39, 0.29) is 563 Å². The number of ether oxygens (including phenoxy) is 4. The Morgan fingerprint density at radius 2 is 0.942 bits per heavy atom. The molecule has 19 N–H and O–H groups in total. The Morgan fingerprint density at radius 3 is 1.36 bits per heavy atom. The number of rotatable bonds is 16. The second kappa shape index (κ2) is 55.1. The largest absolute Gasteiger partial charge is 1.00 e. The summed E-state index contributed by atoms with van der Waals surface area (Å²) in [6.45, 7) is -0.828. The van der Waals surface area contributed by atoms with Gasteiger partial charge >= 0.3 is 587 Å². The van der Waals surface area contributed by atoms with Crippen molar-refractivity contribution in [2.24, 2.45) is 16.6 Å². The zero-order valence-electron chi connectivity index (χ0n) is 64.5. The Bertz CT molecular complexity index is 5900. The van der Waals surface area contributed by atoms with Crippen molar-refractivity contribution >= 4 is 177 Å². The van der Waals surface area contributed by atoms with Gasteiger partial charge in [0.05, 0.1) is 51.1 Å². The fourth-order valence-electron chi connectivity index (χ4n) is 10.3. The molecule has 0 amide bonds. The number of aromatic nitrogens is 10. The van der Waals surface area contributed by atoms with Gasteiger partial charge in [-0.15, -0.1) is 0 Å². The van der Waals surface area contributed by atoms with Gasteiger partial charge in [-0.3, -0.25) is 45.5 Å². The van der Waals surface area contributed by atoms with Crippen LogP contribution in [0.2, 0.25) is 0 Å². The Hall–Kier alpha value is 12.1. The maximum atomic E-state index is 12.6. The standard InChI is InChI=1S/C10H15Cl2N8O6P3.C10H16Cl2N5O8P3.2C9H14N6O9S3.10K/c11-27(12)17-28(22,23)19-29(24,18-27)25-2-6-5(21)1-7(26-6)20-4-16-8-9(13)14-3-15-10(8)20;1-5-3-17(10(20)13-9(5)19)8-2-6(18)7(25-8)4-24-28(23)15-26(11,12)14-27(21,22)16-28;10-7-1-2-15(9(17)11-7)8-3-5(16)6(24-8)4-23-27(22)13-25(18,19)12-26(20,21)14-27;10-7-1-2-15(9(17)11-7)8-3-5(6(4-16)23-8)24-27(22)13-25(18,19)12-26(20,21)14-27;;;;;;;;;;/h3-7,21H,1-2H2,(H2,13,14,15)(H3,17,19,22,23,24);3,6-8,18H,2,4H2,1H3,(H,13,19,20)(H3,14,16,21,22,23);2*1-2,5-6,8,12,16H,3-4H2,(H2,10,11,17)(H,13,14,22);;;;;;;;;;/q;;;;10*+1/p-2/t5-,6-,7-,29?;6-,7-,8-,28?;2*5-,6-,8-;;;;;;;;;;/m1111........../s1. The minimum atomic E-state index is -4.80. The summed E-state index contributed by atoms with van der Waals surface area (Å²) in [7, 11) is -45.6. The molecule has 5 aromatic heterocycles. The van der Waals surface area contributed by atoms with Gasteiger partial charge in [-0.25, -0.2) is 56.6 Å². The number of nitrogens with one attached hydrogen (secondary N) is 9. The van der Waals surface area contributed by atoms with Crippen LogP contribution in [0.4, 0.5) is 17.5 Å². The number of halogens is 4. The summed E-state index contributed by atoms with van der Waals surface area (Å²) >= 11 is 22.9. The van der Waals surface area contributed by atoms with Crippen LogP contribution in [0, 0.1) is 6.92 Å². The zero-order valence-corrected chi connectivity index (χ0v) is 109. The number of imidazole rings is 1. The topological polar surface area (TPSA) is 832 Å². The number of nitrogens with zero attached hydrogens (tertiary/aromatic N) is 13. The van der Waals surface area contributed by atoms with E-state index in [4.69, 9.17) is 98.5 Å². The number of fused-ring (bicyclic) bond motifs is 1. The predicted molar refractivity (Wildman–Crippen MR) is 378 cm³/mol. The Morgan fingerprint density at radius 1 is 0.545 bits per heavy atom. The Kier molecular flexibility index (Phi) is 60.6. The van der Waals surface area contributed by atoms with E-state index < -0.39 is 227 Å². The minimum Gasteiger partial charge on any atom is -0.775 e. The van der Waals surface area contributed by atoms with Crippen LogP contribution in [0.1, 0.15) is 56.2 Å². The molecule has 622 valence electrons. The van der Waals surface area contributed by atoms with Crippen LogP contribution < -0.4 is 599 Å². The van der Waals surface area contributed by atoms with Gasteiger partial charge in [0.2, 0.25) is 11.8 Å². The first-order valence-corrected chi connectivity index (χ1v) is 51.9. The van der Waals surface area contributed by atoms with E-state index >= 15 is 0 Å². The summed E-state index contributed by atoms with van der Waals surface area (Å²) < 4.78 is 229. The molecule has 0 aliphatic carbocycles. The van der Waals surface area contributed by atoms with Crippen molar-refractivity contribution < 1.29 is 641 Å². The third-order valence-corrected chi connectivity index (χ3v) is 43.6. The molecule has 57 nitrogen and oxygen atoms in total. The molecule has 4 saturated heterocycles. The molecule has 13 rings (SSSR count). The van der Waals surface area contributed by atoms with E-state index in [9.17, 15) is 110 Å². The summed E-state index contributed by atoms with van der Waals surface area (Å²) in [5.74, 6) is -7.05. The SMILES string of the molecule is Cc1cn([C@H]2C[C@@H](O)[C@@H](COP3(=O)N=P(Cl)(Cl)NP(=O)([O-])N3)O2)c(=O)[nH]c1=O.Nc1ccn([C@H]2C[C@@H](O)[C@@H](COS3(=O)=NS(=O)(=O)NS(=O)(=O)N3)O2)c(=O)n1.Nc1ccn([C@H]2C[C@@H](OS3(=O)=NS(=O)(=O)NS(=O)(=O)N3)[C@@H](CO)O2)c(=O)n1.Nc1ncnc2c1ncn2[C@H]1C[C@@H](O)[C@@H](COP2(=O)N=P(Cl)(Cl)NP(=O)([O-])N2)O1.[K+].[K+].[K+].[K+].[K+].[K+].[K+].[K+].[K+].[K+]. The average Bonchev–Trinajstić information content (AvgIpc) is 1.42. The summed E-state index contributed by atoms with van der Waals surface area (Å²) in [4.78, 5) is 98.9. The van der Waals surface area contributed by atoms with Crippen molar-refractivity contribution in [3.05, 3.63) is 90.7 Å². The number of hydrogen-bond acceptors (Lipinski definition) is 40. The number of nitrogens with two attached hydrogens (primary N) is 3. The van der Waals surface area contributed by atoms with Crippen molar-refractivity contribution in [1.29, 1.82) is 0 Å². The summed E-state index contributed by atoms with van der Waals surface area (Å²) in [6.07, 6.45) is -6.10. The maximum Gasteiger partial charge on any atom is 1.00 e. The van der Waals surface area contributed by atoms with E-state index in [1.54, 1.807) is 14.3 Å². The number of aliphatic hydroxyl groups is 4. The summed E-state index contributed by atoms with van der Waals surface area (Å²) in [5.41, 5.74) is 14.8. The van der Waals surface area contributed by atoms with Gasteiger partial charge in [0, 0.05) is 49.8 Å². The van der Waals surface area contributed by atoms with E-state index in [1.165, 1.54) is 58.6 Å². The van der Waals surface area contributed by atoms with Crippen molar-refractivity contribution in [3.63, 3.8) is 0 Å². The number of aromatic amines is 1. The molecule has 0 bridgehead atoms. The second-order valence-corrected chi connectivity index (χ2v) is 51.5. The van der Waals surface area contributed by atoms with Gasteiger partial charge in [-0.2, -0.15) is 62.4 Å². The van der Waals surface area contributed by atoms with Crippen LogP contribution in [0.25, 0.3) is 11.2 Å². The quantitative estimate of drug-likeness (QED) is 0.0322. The van der Waals surface area contributed by atoms with Gasteiger partial charge < -0.3 is 75.5 Å². The second-order valence-electron chi connectivity index (χ2n) is 23.1. The normalized spacial score (nSPS) is 33.0. The fraction of sp³-hybridized carbons (Fsp3) is 0.553. The van der Waals surface area contributed by atoms with Crippen LogP contribution in [0.5, 0.6) is 0 Å². The summed E-state index contributed by atoms with van der Waals surface area (Å²) in [5, 5.41) is 39.9. The molecule has 18 atom stereocenters. The fourth-order valence-corrected chi connectivity index (χ4v) is 39.9. The molecular weight excluding hydrogens is 2230 g/mol. The molecule has 4 fully saturated rings. The smallest absolute Gasteiger partial charge is 0.775 e. The number of H-pyrrole nitrogens is 1. The van der Waals surface area contributed by atoms with Crippen LogP contribution in [0.3, 0.4) is 0 Å².